The number of carboxylic acid groups (broad SMARTS) is 1. The number of methoxy groups -OCH3 is 5. The van der Waals surface area contributed by atoms with E-state index in [0.29, 0.717) is 97.0 Å². The van der Waals surface area contributed by atoms with Crippen LogP contribution in [0.4, 0.5) is 0 Å². The highest BCUT2D eigenvalue weighted by Gasteiger charge is 2.29. The number of carboxylic acids is 1. The summed E-state index contributed by atoms with van der Waals surface area (Å²) in [5.41, 5.74) is 15.4. The summed E-state index contributed by atoms with van der Waals surface area (Å²) in [4.78, 5) is 62.4. The van der Waals surface area contributed by atoms with Gasteiger partial charge in [0, 0.05) is 6.04 Å². The van der Waals surface area contributed by atoms with Crippen LogP contribution >= 0.6 is 0 Å². The molecule has 1 aliphatic carbocycles. The Bertz CT molecular complexity index is 7030. The van der Waals surface area contributed by atoms with Gasteiger partial charge in [-0.05, 0) is 155 Å². The fourth-order valence-electron chi connectivity index (χ4n) is 14.8. The minimum atomic E-state index is -1.03. The molecule has 11 aromatic carbocycles. The Kier molecular flexibility index (Phi) is 31.5. The van der Waals surface area contributed by atoms with Crippen molar-refractivity contribution in [3.8, 4) is 28.7 Å². The zero-order chi connectivity index (χ0) is 93.8. The quantitative estimate of drug-likeness (QED) is 0.0207. The normalized spacial score (nSPS) is 12.3. The van der Waals surface area contributed by atoms with Crippen molar-refractivity contribution in [1.82, 2.24) is 72.3 Å². The molecule has 678 valence electrons. The maximum Gasteiger partial charge on any atom is 0.339 e. The third-order valence-electron chi connectivity index (χ3n) is 21.9. The number of hydrogen-bond acceptors (Lipinski definition) is 18. The number of fused-ring (bicyclic) bond motifs is 5. The van der Waals surface area contributed by atoms with Crippen LogP contribution in [-0.4, -0.2) is 157 Å². The number of ether oxygens (including phenoxy) is 5. The molecule has 0 saturated heterocycles. The molecule has 12 N–H and O–H groups in total. The number of carbonyl (C=O) groups excluding carboxylic acids is 4. The van der Waals surface area contributed by atoms with Gasteiger partial charge in [-0.3, -0.25) is 44.7 Å². The predicted octanol–water partition coefficient (Wildman–Crippen LogP) is 19.0. The molecule has 28 heteroatoms. The summed E-state index contributed by atoms with van der Waals surface area (Å²) in [5, 5.41) is 80.4. The van der Waals surface area contributed by atoms with Crippen molar-refractivity contribution in [3.63, 3.8) is 0 Å². The van der Waals surface area contributed by atoms with Crippen molar-refractivity contribution < 1.29 is 67.4 Å². The number of hydrogen-bond donors (Lipinski definition) is 12. The summed E-state index contributed by atoms with van der Waals surface area (Å²) in [6, 6.07) is 79.3. The average molecular weight is 1790 g/mol. The molecule has 18 rings (SSSR count). The first kappa shape index (κ1) is 93.2. The summed E-state index contributed by atoms with van der Waals surface area (Å²) < 4.78 is 32.9. The van der Waals surface area contributed by atoms with Gasteiger partial charge in [-0.1, -0.05) is 226 Å². The van der Waals surface area contributed by atoms with Crippen molar-refractivity contribution in [3.05, 3.63) is 356 Å². The van der Waals surface area contributed by atoms with E-state index in [0.717, 1.165) is 102 Å². The first-order valence-corrected chi connectivity index (χ1v) is 43.1. The van der Waals surface area contributed by atoms with Crippen molar-refractivity contribution >= 4 is 145 Å². The summed E-state index contributed by atoms with van der Waals surface area (Å²) >= 11 is 0. The SMILES string of the molecule is COc1c(C(=O)NC2CC2)ccc2n[nH]c(/C=C/c3ccccc3)c12.COc1c(C(=O)NCc2ccco2)ccc2n[nH]c(/C=C/c3ccccc3)c12.COc1c(C(=O)N[C@H](CO)C(C)C)ccc2n[nH]c(/C=C/c3ccccc3)c12.COc1c(C(=O)N[C@H](CO)c2ccccc2)ccc2n[nH]c(/C=C/c3ccccc3)c12.COc1c(C(=O)O)ccc2n[nH]c(/C=C/c3ccccc3)c12. The van der Waals surface area contributed by atoms with Gasteiger partial charge in [0.2, 0.25) is 0 Å². The van der Waals surface area contributed by atoms with E-state index in [2.05, 4.69) is 72.3 Å². The number of aromatic amines is 5. The third-order valence-corrected chi connectivity index (χ3v) is 21.9. The van der Waals surface area contributed by atoms with Gasteiger partial charge in [0.15, 0.2) is 0 Å². The fraction of sp³-hybridized carbons (Fsp3) is 0.151. The van der Waals surface area contributed by atoms with Crippen LogP contribution in [-0.2, 0) is 6.54 Å². The number of nitrogens with one attached hydrogen (secondary N) is 9. The molecular weight excluding hydrogens is 1690 g/mol. The molecule has 0 radical (unpaired) electrons. The summed E-state index contributed by atoms with van der Waals surface area (Å²) in [7, 11) is 7.66. The maximum atomic E-state index is 13.1. The molecule has 17 aromatic rings. The zero-order valence-corrected chi connectivity index (χ0v) is 74.5. The molecule has 1 aliphatic rings. The fourth-order valence-corrected chi connectivity index (χ4v) is 14.8. The number of aromatic carboxylic acids is 1. The number of amides is 4. The Morgan fingerprint density at radius 3 is 0.948 bits per heavy atom. The molecule has 6 aromatic heterocycles. The van der Waals surface area contributed by atoms with Crippen LogP contribution in [0.1, 0.15) is 152 Å². The van der Waals surface area contributed by atoms with Gasteiger partial charge >= 0.3 is 5.97 Å². The van der Waals surface area contributed by atoms with E-state index < -0.39 is 12.0 Å². The lowest BCUT2D eigenvalue weighted by Gasteiger charge is -2.20. The van der Waals surface area contributed by atoms with Crippen LogP contribution < -0.4 is 45.0 Å². The van der Waals surface area contributed by atoms with Gasteiger partial charge in [0.05, 0.1) is 179 Å². The monoisotopic (exact) mass is 1790 g/mol. The number of furan rings is 1. The predicted molar refractivity (Wildman–Crippen MR) is 524 cm³/mol. The summed E-state index contributed by atoms with van der Waals surface area (Å²) in [5.74, 6) is 1.04. The molecule has 1 fully saturated rings. The van der Waals surface area contributed by atoms with Crippen LogP contribution in [0.5, 0.6) is 28.7 Å². The van der Waals surface area contributed by atoms with E-state index in [1.165, 1.54) is 27.4 Å². The molecule has 0 bridgehead atoms. The Morgan fingerprint density at radius 2 is 0.664 bits per heavy atom. The first-order valence-electron chi connectivity index (χ1n) is 43.1. The van der Waals surface area contributed by atoms with Crippen molar-refractivity contribution in [2.24, 2.45) is 5.92 Å². The largest absolute Gasteiger partial charge is 0.495 e. The number of aromatic nitrogens is 10. The van der Waals surface area contributed by atoms with Crippen LogP contribution in [0, 0.1) is 5.92 Å². The van der Waals surface area contributed by atoms with E-state index in [1.807, 2.05) is 269 Å². The Morgan fingerprint density at radius 1 is 0.366 bits per heavy atom. The van der Waals surface area contributed by atoms with Gasteiger partial charge < -0.3 is 64.7 Å². The number of aliphatic hydroxyl groups is 2. The van der Waals surface area contributed by atoms with Gasteiger partial charge in [0.1, 0.15) is 40.1 Å². The number of nitrogens with zero attached hydrogens (tertiary/aromatic N) is 5. The molecular formula is C106H100N14O14. The van der Waals surface area contributed by atoms with Crippen molar-refractivity contribution in [1.29, 1.82) is 0 Å². The third kappa shape index (κ3) is 23.0. The second kappa shape index (κ2) is 45.3. The lowest BCUT2D eigenvalue weighted by atomic mass is 10.0. The molecule has 1 saturated carbocycles. The molecule has 28 nitrogen and oxygen atoms in total. The Labute approximate surface area is 771 Å². The molecule has 0 aliphatic heterocycles. The van der Waals surface area contributed by atoms with Gasteiger partial charge in [0.25, 0.3) is 23.6 Å². The number of aliphatic hydroxyl groups excluding tert-OH is 2. The standard InChI is InChI=1S/C25H23N3O3.C22H19N3O3.C22H25N3O3.C20H19N3O2.C17H14N2O3/c1-31-24-19(25(30)26-22(16-29)18-10-6-3-7-11-18)13-15-21-23(24)20(27-28-21)14-12-17-8-4-2-5-9-17;1-27-21-17(22(26)23-14-16-8-5-13-28-16)10-12-19-20(21)18(24-25-19)11-9-15-6-3-2-4-7-15;1-14(2)19(13-26)23-22(27)16-10-12-18-20(21(16)28-3)17(24-25-18)11-9-15-7-5-4-6-8-15;1-25-19-15(20(24)21-14-8-9-14)10-12-17-18(19)16(22-23-17)11-7-13-5-3-2-4-6-13;1-22-16-12(17(20)21)8-10-14-15(16)13(18-19-14)9-7-11-5-3-2-4-6-11/h2-15,22,29H,16H2,1H3,(H,26,30)(H,27,28);2-13H,14H2,1H3,(H,23,26)(H,24,25);4-12,14,19,26H,13H2,1-3H3,(H,23,27)(H,24,25);2-7,10-12,14H,8-9H2,1H3,(H,21,24)(H,22,23);2-10H,1H3,(H,18,19)(H,20,21)/b14-12+;2*11-9+;11-7+;9-7+/t22-;;19-;;/m1.1../s1. The van der Waals surface area contributed by atoms with Crippen LogP contribution in [0.2, 0.25) is 0 Å². The minimum Gasteiger partial charge on any atom is -0.495 e. The maximum absolute atomic E-state index is 13.1. The highest BCUT2D eigenvalue weighted by atomic mass is 16.5. The molecule has 134 heavy (non-hydrogen) atoms. The highest BCUT2D eigenvalue weighted by Crippen LogP contribution is 2.39. The lowest BCUT2D eigenvalue weighted by Crippen LogP contribution is -2.41. The van der Waals surface area contributed by atoms with Gasteiger partial charge in [-0.2, -0.15) is 25.5 Å². The van der Waals surface area contributed by atoms with Crippen molar-refractivity contribution in [2.75, 3.05) is 48.8 Å². The molecule has 4 amide bonds. The zero-order valence-electron chi connectivity index (χ0n) is 74.5. The number of benzene rings is 11. The van der Waals surface area contributed by atoms with E-state index in [1.54, 1.807) is 75.1 Å². The molecule has 0 spiro atoms. The average Bonchev–Trinajstić information content (AvgIpc) is 1.61. The van der Waals surface area contributed by atoms with Gasteiger partial charge in [-0.15, -0.1) is 0 Å². The van der Waals surface area contributed by atoms with E-state index >= 15 is 0 Å². The van der Waals surface area contributed by atoms with Crippen LogP contribution in [0.3, 0.4) is 0 Å². The molecule has 2 atom stereocenters. The van der Waals surface area contributed by atoms with Crippen LogP contribution in [0.25, 0.3) is 115 Å². The molecule has 0 unspecified atom stereocenters. The van der Waals surface area contributed by atoms with E-state index in [9.17, 15) is 39.3 Å². The smallest absolute Gasteiger partial charge is 0.339 e. The lowest BCUT2D eigenvalue weighted by molar-refractivity contribution is 0.0692. The topological polar surface area (TPSA) is 397 Å². The first-order chi connectivity index (χ1) is 65.5. The minimum absolute atomic E-state index is 0.0968. The summed E-state index contributed by atoms with van der Waals surface area (Å²) in [6.07, 6.45) is 23.1. The molecule has 6 heterocycles. The number of rotatable bonds is 29. The Balaban J connectivity index is 0.000000135. The summed E-state index contributed by atoms with van der Waals surface area (Å²) in [6.45, 7) is 3.87. The van der Waals surface area contributed by atoms with E-state index in [-0.39, 0.29) is 54.4 Å². The van der Waals surface area contributed by atoms with Crippen molar-refractivity contribution in [2.45, 2.75) is 51.4 Å². The second-order valence-electron chi connectivity index (χ2n) is 31.0. The van der Waals surface area contributed by atoms with Crippen LogP contribution in [0.15, 0.2) is 265 Å². The highest BCUT2D eigenvalue weighted by molar-refractivity contribution is 6.10. The van der Waals surface area contributed by atoms with E-state index in [4.69, 9.17) is 28.1 Å². The number of carbonyl (C=O) groups is 5. The van der Waals surface area contributed by atoms with Gasteiger partial charge in [-0.25, -0.2) is 4.79 Å². The number of H-pyrrole nitrogens is 5. The Hall–Kier alpha value is -17.0. The second-order valence-corrected chi connectivity index (χ2v) is 31.0.